The highest BCUT2D eigenvalue weighted by Gasteiger charge is 2.11. The molecule has 0 aromatic rings. The molecule has 0 unspecified atom stereocenters. The topological polar surface area (TPSA) is 47.9 Å². The third-order valence-electron chi connectivity index (χ3n) is 1.31. The number of aldehydes is 1. The molecule has 0 spiro atoms. The summed E-state index contributed by atoms with van der Waals surface area (Å²) in [4.78, 5) is 15.3. The molecule has 13 heavy (non-hydrogen) atoms. The molecule has 1 rings (SSSR count). The molecule has 0 amide bonds. The fourth-order valence-corrected chi connectivity index (χ4v) is 1.40. The minimum atomic E-state index is 0.217. The maximum atomic E-state index is 10.6. The molecule has 0 bridgehead atoms. The lowest BCUT2D eigenvalue weighted by atomic mass is 10.3. The quantitative estimate of drug-likeness (QED) is 0.389. The second-order valence-electron chi connectivity index (χ2n) is 2.21. The van der Waals surface area contributed by atoms with Gasteiger partial charge in [-0.05, 0) is 6.92 Å². The summed E-state index contributed by atoms with van der Waals surface area (Å²) >= 11 is 1.60. The van der Waals surface area contributed by atoms with Crippen molar-refractivity contribution in [2.24, 2.45) is 5.16 Å². The van der Waals surface area contributed by atoms with E-state index in [9.17, 15) is 4.79 Å². The number of nitrogens with zero attached hydrogens (tertiary/aromatic N) is 1. The standard InChI is InChI=1S/C8H11NO3S/c1-2-12-9-7(5-10)8-6-13-4-3-11-8/h5-6H,2-4H2,1H3. The fraction of sp³-hybridized carbons (Fsp3) is 0.500. The van der Waals surface area contributed by atoms with E-state index in [4.69, 9.17) is 9.57 Å². The average molecular weight is 201 g/mol. The Bertz CT molecular complexity index is 238. The van der Waals surface area contributed by atoms with Gasteiger partial charge >= 0.3 is 0 Å². The Balaban J connectivity index is 2.64. The molecule has 0 aromatic carbocycles. The Morgan fingerprint density at radius 1 is 1.92 bits per heavy atom. The Morgan fingerprint density at radius 2 is 2.77 bits per heavy atom. The van der Waals surface area contributed by atoms with E-state index in [1.165, 1.54) is 0 Å². The Hall–Kier alpha value is -0.970. The van der Waals surface area contributed by atoms with Crippen LogP contribution in [-0.2, 0) is 14.4 Å². The molecule has 0 aromatic heterocycles. The molecule has 0 radical (unpaired) electrons. The summed E-state index contributed by atoms with van der Waals surface area (Å²) in [6.45, 7) is 2.85. The molecule has 0 fully saturated rings. The van der Waals surface area contributed by atoms with Crippen molar-refractivity contribution in [2.45, 2.75) is 6.92 Å². The molecule has 5 heteroatoms. The Morgan fingerprint density at radius 3 is 3.31 bits per heavy atom. The van der Waals surface area contributed by atoms with Crippen LogP contribution in [0.1, 0.15) is 6.92 Å². The molecular weight excluding hydrogens is 190 g/mol. The summed E-state index contributed by atoms with van der Waals surface area (Å²) in [6.07, 6.45) is 0.632. The van der Waals surface area contributed by atoms with Crippen LogP contribution in [0.4, 0.5) is 0 Å². The van der Waals surface area contributed by atoms with E-state index >= 15 is 0 Å². The van der Waals surface area contributed by atoms with Crippen molar-refractivity contribution >= 4 is 23.8 Å². The van der Waals surface area contributed by atoms with Crippen LogP contribution >= 0.6 is 11.8 Å². The molecule has 0 saturated carbocycles. The molecule has 0 saturated heterocycles. The second kappa shape index (κ2) is 5.64. The van der Waals surface area contributed by atoms with Crippen molar-refractivity contribution in [2.75, 3.05) is 19.0 Å². The SMILES string of the molecule is CCON=C(C=O)C1=CSCCO1. The van der Waals surface area contributed by atoms with Gasteiger partial charge in [-0.3, -0.25) is 4.79 Å². The van der Waals surface area contributed by atoms with E-state index in [2.05, 4.69) is 5.16 Å². The molecule has 0 N–H and O–H groups in total. The summed E-state index contributed by atoms with van der Waals surface area (Å²) in [5.41, 5.74) is 0.217. The third kappa shape index (κ3) is 3.10. The van der Waals surface area contributed by atoms with Crippen molar-refractivity contribution in [3.8, 4) is 0 Å². The van der Waals surface area contributed by atoms with Crippen molar-refractivity contribution in [1.29, 1.82) is 0 Å². The number of hydrogen-bond donors (Lipinski definition) is 0. The average Bonchev–Trinajstić information content (AvgIpc) is 2.21. The first-order valence-electron chi connectivity index (χ1n) is 3.98. The smallest absolute Gasteiger partial charge is 0.184 e. The van der Waals surface area contributed by atoms with Gasteiger partial charge in [-0.1, -0.05) is 5.16 Å². The van der Waals surface area contributed by atoms with Gasteiger partial charge in [-0.25, -0.2) is 0 Å². The lowest BCUT2D eigenvalue weighted by molar-refractivity contribution is -0.103. The van der Waals surface area contributed by atoms with Crippen LogP contribution in [0.15, 0.2) is 16.3 Å². The van der Waals surface area contributed by atoms with Crippen LogP contribution < -0.4 is 0 Å². The lowest BCUT2D eigenvalue weighted by Crippen LogP contribution is -2.13. The maximum absolute atomic E-state index is 10.6. The zero-order valence-electron chi connectivity index (χ0n) is 7.36. The van der Waals surface area contributed by atoms with E-state index in [-0.39, 0.29) is 5.71 Å². The van der Waals surface area contributed by atoms with Gasteiger partial charge in [0.15, 0.2) is 17.8 Å². The molecule has 1 heterocycles. The van der Waals surface area contributed by atoms with Gasteiger partial charge in [0.2, 0.25) is 0 Å². The molecule has 0 atom stereocenters. The summed E-state index contributed by atoms with van der Waals surface area (Å²) in [7, 11) is 0. The fourth-order valence-electron chi connectivity index (χ4n) is 0.761. The zero-order chi connectivity index (χ0) is 9.52. The molecule has 72 valence electrons. The summed E-state index contributed by atoms with van der Waals surface area (Å²) < 4.78 is 5.23. The molecular formula is C8H11NO3S. The van der Waals surface area contributed by atoms with Gasteiger partial charge in [0.05, 0.1) is 6.61 Å². The summed E-state index contributed by atoms with van der Waals surface area (Å²) in [6, 6.07) is 0. The molecule has 0 aliphatic carbocycles. The van der Waals surface area contributed by atoms with Crippen molar-refractivity contribution in [1.82, 2.24) is 0 Å². The summed E-state index contributed by atoms with van der Waals surface area (Å²) in [5.74, 6) is 1.41. The van der Waals surface area contributed by atoms with Gasteiger partial charge in [-0.2, -0.15) is 0 Å². The number of carbonyl (C=O) groups is 1. The minimum absolute atomic E-state index is 0.217. The maximum Gasteiger partial charge on any atom is 0.184 e. The zero-order valence-corrected chi connectivity index (χ0v) is 8.17. The van der Waals surface area contributed by atoms with Gasteiger partial charge in [0.1, 0.15) is 6.61 Å². The van der Waals surface area contributed by atoms with Gasteiger partial charge in [0, 0.05) is 11.2 Å². The van der Waals surface area contributed by atoms with Crippen molar-refractivity contribution in [3.05, 3.63) is 11.2 Å². The minimum Gasteiger partial charge on any atom is -0.490 e. The Kier molecular flexibility index (Phi) is 4.39. The third-order valence-corrected chi connectivity index (χ3v) is 2.09. The monoisotopic (exact) mass is 201 g/mol. The predicted octanol–water partition coefficient (Wildman–Crippen LogP) is 1.18. The number of oxime groups is 1. The highest BCUT2D eigenvalue weighted by molar-refractivity contribution is 8.02. The Labute approximate surface area is 81.0 Å². The summed E-state index contributed by atoms with van der Waals surface area (Å²) in [5, 5.41) is 5.40. The first-order valence-corrected chi connectivity index (χ1v) is 5.03. The van der Waals surface area contributed by atoms with Crippen LogP contribution in [0.2, 0.25) is 0 Å². The normalized spacial score (nSPS) is 17.3. The van der Waals surface area contributed by atoms with Gasteiger partial charge in [0.25, 0.3) is 0 Å². The number of rotatable bonds is 4. The van der Waals surface area contributed by atoms with Gasteiger partial charge < -0.3 is 9.57 Å². The highest BCUT2D eigenvalue weighted by Crippen LogP contribution is 2.15. The second-order valence-corrected chi connectivity index (χ2v) is 3.19. The van der Waals surface area contributed by atoms with Crippen molar-refractivity contribution < 1.29 is 14.4 Å². The molecule has 1 aliphatic rings. The first kappa shape index (κ1) is 10.1. The molecule has 4 nitrogen and oxygen atoms in total. The van der Waals surface area contributed by atoms with E-state index in [0.717, 1.165) is 5.75 Å². The predicted molar refractivity (Wildman–Crippen MR) is 51.6 cm³/mol. The number of hydrogen-bond acceptors (Lipinski definition) is 5. The van der Waals surface area contributed by atoms with Crippen molar-refractivity contribution in [3.63, 3.8) is 0 Å². The number of ether oxygens (including phenoxy) is 1. The van der Waals surface area contributed by atoms with E-state index in [0.29, 0.717) is 25.3 Å². The first-order chi connectivity index (χ1) is 6.38. The van der Waals surface area contributed by atoms with Crippen LogP contribution in [0.5, 0.6) is 0 Å². The van der Waals surface area contributed by atoms with E-state index in [1.807, 2.05) is 0 Å². The largest absolute Gasteiger partial charge is 0.490 e. The number of allylic oxidation sites excluding steroid dienone is 1. The van der Waals surface area contributed by atoms with Crippen LogP contribution in [0.3, 0.4) is 0 Å². The number of thioether (sulfide) groups is 1. The lowest BCUT2D eigenvalue weighted by Gasteiger charge is -2.12. The van der Waals surface area contributed by atoms with Crippen LogP contribution in [0, 0.1) is 0 Å². The highest BCUT2D eigenvalue weighted by atomic mass is 32.2. The van der Waals surface area contributed by atoms with Gasteiger partial charge in [-0.15, -0.1) is 11.8 Å². The molecule has 1 aliphatic heterocycles. The van der Waals surface area contributed by atoms with E-state index < -0.39 is 0 Å². The van der Waals surface area contributed by atoms with Crippen LogP contribution in [-0.4, -0.2) is 31.0 Å². The van der Waals surface area contributed by atoms with E-state index in [1.54, 1.807) is 24.1 Å². The number of carbonyl (C=O) groups excluding carboxylic acids is 1. The van der Waals surface area contributed by atoms with Crippen LogP contribution in [0.25, 0.3) is 0 Å².